The maximum Gasteiger partial charge on any atom is 0.293 e. The monoisotopic (exact) mass is 359 g/mol. The third-order valence-corrected chi connectivity index (χ3v) is 4.81. The van der Waals surface area contributed by atoms with Crippen LogP contribution in [0.15, 0.2) is 16.6 Å². The normalized spacial score (nSPS) is 22.4. The number of anilines is 1. The standard InChI is InChI=1S/C14H19BrFN3O2/c1-2-9-3-4-18(10(5-9)8-17)13-7-12(16)11(15)6-14(13)19(20)21/h6-7,9-10H,2-5,8,17H2,1H3. The van der Waals surface area contributed by atoms with Crippen molar-refractivity contribution in [2.24, 2.45) is 11.7 Å². The maximum atomic E-state index is 13.8. The lowest BCUT2D eigenvalue weighted by Crippen LogP contribution is -2.47. The van der Waals surface area contributed by atoms with E-state index in [1.54, 1.807) is 0 Å². The second-order valence-corrected chi connectivity index (χ2v) is 6.25. The lowest BCUT2D eigenvalue weighted by Gasteiger charge is -2.40. The molecule has 116 valence electrons. The van der Waals surface area contributed by atoms with Crippen molar-refractivity contribution >= 4 is 27.3 Å². The number of halogens is 2. The van der Waals surface area contributed by atoms with E-state index in [0.717, 1.165) is 19.3 Å². The zero-order chi connectivity index (χ0) is 15.6. The molecule has 0 aliphatic carbocycles. The highest BCUT2D eigenvalue weighted by atomic mass is 79.9. The van der Waals surface area contributed by atoms with Gasteiger partial charge >= 0.3 is 0 Å². The summed E-state index contributed by atoms with van der Waals surface area (Å²) < 4.78 is 13.9. The van der Waals surface area contributed by atoms with E-state index in [1.165, 1.54) is 12.1 Å². The molecule has 2 N–H and O–H groups in total. The van der Waals surface area contributed by atoms with Crippen molar-refractivity contribution in [2.45, 2.75) is 32.2 Å². The van der Waals surface area contributed by atoms with Crippen LogP contribution < -0.4 is 10.6 Å². The van der Waals surface area contributed by atoms with Crippen LogP contribution in [0.3, 0.4) is 0 Å². The highest BCUT2D eigenvalue weighted by Crippen LogP contribution is 2.37. The lowest BCUT2D eigenvalue weighted by atomic mass is 9.88. The molecule has 1 fully saturated rings. The molecule has 2 rings (SSSR count). The molecule has 0 saturated carbocycles. The fourth-order valence-corrected chi connectivity index (χ4v) is 3.28. The van der Waals surface area contributed by atoms with Crippen LogP contribution in [-0.4, -0.2) is 24.1 Å². The minimum atomic E-state index is -0.496. The number of benzene rings is 1. The molecule has 1 aliphatic rings. The van der Waals surface area contributed by atoms with Crippen LogP contribution in [0.5, 0.6) is 0 Å². The first kappa shape index (κ1) is 16.2. The van der Waals surface area contributed by atoms with Crippen LogP contribution >= 0.6 is 15.9 Å². The summed E-state index contributed by atoms with van der Waals surface area (Å²) in [4.78, 5) is 12.7. The van der Waals surface area contributed by atoms with E-state index >= 15 is 0 Å². The van der Waals surface area contributed by atoms with E-state index in [9.17, 15) is 14.5 Å². The van der Waals surface area contributed by atoms with E-state index in [1.807, 2.05) is 4.90 Å². The highest BCUT2D eigenvalue weighted by Gasteiger charge is 2.31. The molecule has 1 aliphatic heterocycles. The third-order valence-electron chi connectivity index (χ3n) is 4.20. The second-order valence-electron chi connectivity index (χ2n) is 5.39. The number of nitro benzene ring substituents is 1. The number of nitro groups is 1. The van der Waals surface area contributed by atoms with E-state index in [2.05, 4.69) is 22.9 Å². The summed E-state index contributed by atoms with van der Waals surface area (Å²) >= 11 is 3.00. The summed E-state index contributed by atoms with van der Waals surface area (Å²) in [7, 11) is 0. The Morgan fingerprint density at radius 3 is 2.86 bits per heavy atom. The molecule has 1 aromatic rings. The molecule has 5 nitrogen and oxygen atoms in total. The van der Waals surface area contributed by atoms with E-state index < -0.39 is 10.7 Å². The van der Waals surface area contributed by atoms with Crippen LogP contribution in [0, 0.1) is 21.8 Å². The Hall–Kier alpha value is -1.21. The number of nitrogens with zero attached hydrogens (tertiary/aromatic N) is 2. The van der Waals surface area contributed by atoms with Gasteiger partial charge in [0.15, 0.2) is 0 Å². The van der Waals surface area contributed by atoms with Gasteiger partial charge in [0.25, 0.3) is 5.69 Å². The first-order valence-corrected chi connectivity index (χ1v) is 7.87. The van der Waals surface area contributed by atoms with Gasteiger partial charge in [0, 0.05) is 31.3 Å². The van der Waals surface area contributed by atoms with Crippen molar-refractivity contribution in [3.05, 3.63) is 32.5 Å². The van der Waals surface area contributed by atoms with E-state index in [0.29, 0.717) is 24.7 Å². The fraction of sp³-hybridized carbons (Fsp3) is 0.571. The van der Waals surface area contributed by atoms with Gasteiger partial charge in [-0.15, -0.1) is 0 Å². The topological polar surface area (TPSA) is 72.4 Å². The third kappa shape index (κ3) is 3.35. The van der Waals surface area contributed by atoms with Crippen molar-refractivity contribution in [3.63, 3.8) is 0 Å². The van der Waals surface area contributed by atoms with Gasteiger partial charge < -0.3 is 10.6 Å². The molecule has 2 unspecified atom stereocenters. The van der Waals surface area contributed by atoms with Crippen molar-refractivity contribution in [2.75, 3.05) is 18.0 Å². The summed E-state index contributed by atoms with van der Waals surface area (Å²) in [5.41, 5.74) is 6.07. The molecular formula is C14H19BrFN3O2. The largest absolute Gasteiger partial charge is 0.362 e. The number of hydrogen-bond acceptors (Lipinski definition) is 4. The summed E-state index contributed by atoms with van der Waals surface area (Å²) in [5.74, 6) is 0.0816. The van der Waals surface area contributed by atoms with Crippen molar-refractivity contribution in [3.8, 4) is 0 Å². The molecule has 0 bridgehead atoms. The van der Waals surface area contributed by atoms with Crippen LogP contribution in [-0.2, 0) is 0 Å². The Morgan fingerprint density at radius 1 is 1.57 bits per heavy atom. The molecule has 0 amide bonds. The van der Waals surface area contributed by atoms with Gasteiger partial charge in [-0.2, -0.15) is 0 Å². The molecule has 0 aromatic heterocycles. The highest BCUT2D eigenvalue weighted by molar-refractivity contribution is 9.10. The fourth-order valence-electron chi connectivity index (χ4n) is 2.95. The smallest absolute Gasteiger partial charge is 0.293 e. The SMILES string of the molecule is CCC1CCN(c2cc(F)c(Br)cc2[N+](=O)[O-])C(CN)C1. The van der Waals surface area contributed by atoms with Gasteiger partial charge in [-0.1, -0.05) is 13.3 Å². The van der Waals surface area contributed by atoms with Crippen molar-refractivity contribution in [1.29, 1.82) is 0 Å². The average molecular weight is 360 g/mol. The zero-order valence-corrected chi connectivity index (χ0v) is 13.5. The molecule has 1 saturated heterocycles. The molecular weight excluding hydrogens is 341 g/mol. The Bertz CT molecular complexity index is 541. The van der Waals surface area contributed by atoms with Crippen LogP contribution in [0.4, 0.5) is 15.8 Å². The average Bonchev–Trinajstić information content (AvgIpc) is 2.48. The zero-order valence-electron chi connectivity index (χ0n) is 11.9. The maximum absolute atomic E-state index is 13.8. The van der Waals surface area contributed by atoms with Gasteiger partial charge in [-0.3, -0.25) is 10.1 Å². The molecule has 0 spiro atoms. The molecule has 21 heavy (non-hydrogen) atoms. The minimum absolute atomic E-state index is 0.0166. The number of nitrogens with two attached hydrogens (primary N) is 1. The Morgan fingerprint density at radius 2 is 2.29 bits per heavy atom. The van der Waals surface area contributed by atoms with Gasteiger partial charge in [-0.05, 0) is 34.7 Å². The van der Waals surface area contributed by atoms with Gasteiger partial charge in [-0.25, -0.2) is 4.39 Å². The minimum Gasteiger partial charge on any atom is -0.362 e. The summed E-state index contributed by atoms with van der Waals surface area (Å²) in [5, 5.41) is 11.2. The van der Waals surface area contributed by atoms with E-state index in [-0.39, 0.29) is 16.2 Å². The predicted molar refractivity (Wildman–Crippen MR) is 84.0 cm³/mol. The van der Waals surface area contributed by atoms with Gasteiger partial charge in [0.2, 0.25) is 0 Å². The summed E-state index contributed by atoms with van der Waals surface area (Å²) in [6.45, 7) is 3.21. The number of rotatable bonds is 4. The Labute approximate surface area is 131 Å². The lowest BCUT2D eigenvalue weighted by molar-refractivity contribution is -0.384. The molecule has 1 aromatic carbocycles. The van der Waals surface area contributed by atoms with Crippen LogP contribution in [0.25, 0.3) is 0 Å². The van der Waals surface area contributed by atoms with Gasteiger partial charge in [0.05, 0.1) is 9.40 Å². The first-order chi connectivity index (χ1) is 9.97. The van der Waals surface area contributed by atoms with Crippen LogP contribution in [0.2, 0.25) is 0 Å². The number of piperidine rings is 1. The molecule has 7 heteroatoms. The first-order valence-electron chi connectivity index (χ1n) is 7.08. The van der Waals surface area contributed by atoms with Crippen molar-refractivity contribution < 1.29 is 9.31 Å². The summed E-state index contributed by atoms with van der Waals surface area (Å²) in [6, 6.07) is 2.48. The summed E-state index contributed by atoms with van der Waals surface area (Å²) in [6.07, 6.45) is 2.91. The number of hydrogen-bond donors (Lipinski definition) is 1. The Kier molecular flexibility index (Phi) is 5.16. The molecule has 0 radical (unpaired) electrons. The molecule has 2 atom stereocenters. The second kappa shape index (κ2) is 6.70. The molecule has 1 heterocycles. The Balaban J connectivity index is 2.40. The van der Waals surface area contributed by atoms with Gasteiger partial charge in [0.1, 0.15) is 11.5 Å². The van der Waals surface area contributed by atoms with Crippen molar-refractivity contribution in [1.82, 2.24) is 0 Å². The van der Waals surface area contributed by atoms with Crippen LogP contribution in [0.1, 0.15) is 26.2 Å². The van der Waals surface area contributed by atoms with E-state index in [4.69, 9.17) is 5.73 Å². The predicted octanol–water partition coefficient (Wildman–Crippen LogP) is 3.45. The quantitative estimate of drug-likeness (QED) is 0.659.